The zero-order chi connectivity index (χ0) is 13.8. The molecule has 5 nitrogen and oxygen atoms in total. The summed E-state index contributed by atoms with van der Waals surface area (Å²) in [6, 6.07) is 4.47. The van der Waals surface area contributed by atoms with Crippen molar-refractivity contribution < 1.29 is 14.2 Å². The lowest BCUT2D eigenvalue weighted by molar-refractivity contribution is 0.183. The van der Waals surface area contributed by atoms with Crippen molar-refractivity contribution in [3.8, 4) is 11.4 Å². The molecule has 2 rings (SSSR count). The van der Waals surface area contributed by atoms with Crippen molar-refractivity contribution in [2.24, 2.45) is 0 Å². The third-order valence-corrected chi connectivity index (χ3v) is 3.06. The van der Waals surface area contributed by atoms with E-state index in [0.29, 0.717) is 30.4 Å². The monoisotopic (exact) mass is 285 g/mol. The molecule has 0 fully saturated rings. The Kier molecular flexibility index (Phi) is 4.47. The van der Waals surface area contributed by atoms with Crippen LogP contribution in [-0.2, 0) is 17.9 Å². The molecule has 0 amide bonds. The lowest BCUT2D eigenvalue weighted by Gasteiger charge is -2.10. The van der Waals surface area contributed by atoms with Gasteiger partial charge in [-0.2, -0.15) is 0 Å². The molecule has 1 heterocycles. The molecule has 1 N–H and O–H groups in total. The number of benzene rings is 1. The molecule has 0 unspecified atom stereocenters. The van der Waals surface area contributed by atoms with Crippen LogP contribution < -0.4 is 0 Å². The summed E-state index contributed by atoms with van der Waals surface area (Å²) in [5.74, 6) is 0.268. The number of aliphatic hydroxyl groups excluding tert-OH is 1. The fourth-order valence-electron chi connectivity index (χ4n) is 1.75. The smallest absolute Gasteiger partial charge is 0.165 e. The van der Waals surface area contributed by atoms with E-state index in [0.717, 1.165) is 0 Å². The Labute approximate surface area is 114 Å². The molecule has 0 aliphatic carbocycles. The Hall–Kier alpha value is -1.50. The topological polar surface area (TPSA) is 60.2 Å². The van der Waals surface area contributed by atoms with Crippen LogP contribution in [0.5, 0.6) is 0 Å². The molecule has 1 aromatic carbocycles. The minimum Gasteiger partial charge on any atom is -0.388 e. The fourth-order valence-corrected chi connectivity index (χ4v) is 1.96. The highest BCUT2D eigenvalue weighted by molar-refractivity contribution is 6.33. The van der Waals surface area contributed by atoms with Gasteiger partial charge in [0.1, 0.15) is 12.4 Å². The van der Waals surface area contributed by atoms with Gasteiger partial charge in [0, 0.05) is 19.2 Å². The molecule has 0 atom stereocenters. The molecule has 102 valence electrons. The van der Waals surface area contributed by atoms with Crippen molar-refractivity contribution in [1.82, 2.24) is 14.8 Å². The predicted octanol–water partition coefficient (Wildman–Crippen LogP) is 1.88. The lowest BCUT2D eigenvalue weighted by Crippen LogP contribution is -2.10. The third kappa shape index (κ3) is 2.75. The molecule has 0 saturated heterocycles. The molecule has 0 saturated carbocycles. The Morgan fingerprint density at radius 1 is 1.42 bits per heavy atom. The number of hydrogen-bond acceptors (Lipinski definition) is 4. The molecular weight excluding hydrogens is 273 g/mol. The van der Waals surface area contributed by atoms with Gasteiger partial charge in [0.25, 0.3) is 0 Å². The lowest BCUT2D eigenvalue weighted by atomic mass is 10.2. The minimum absolute atomic E-state index is 0.0157. The number of halogens is 2. The van der Waals surface area contributed by atoms with Crippen LogP contribution in [0.25, 0.3) is 11.4 Å². The SMILES string of the molecule is COCCn1c(CO)nnc1-c1cccc(F)c1Cl. The summed E-state index contributed by atoms with van der Waals surface area (Å²) < 4.78 is 20.1. The highest BCUT2D eigenvalue weighted by Crippen LogP contribution is 2.29. The fraction of sp³-hybridized carbons (Fsp3) is 0.333. The van der Waals surface area contributed by atoms with Crippen molar-refractivity contribution in [1.29, 1.82) is 0 Å². The molecule has 0 bridgehead atoms. The van der Waals surface area contributed by atoms with Crippen LogP contribution >= 0.6 is 11.6 Å². The molecular formula is C12H13ClFN3O2. The van der Waals surface area contributed by atoms with Gasteiger partial charge in [-0.3, -0.25) is 0 Å². The van der Waals surface area contributed by atoms with Gasteiger partial charge in [0.2, 0.25) is 0 Å². The van der Waals surface area contributed by atoms with Gasteiger partial charge >= 0.3 is 0 Å². The standard InChI is InChI=1S/C12H13ClFN3O2/c1-19-6-5-17-10(7-18)15-16-12(17)8-3-2-4-9(14)11(8)13/h2-4,18H,5-7H2,1H3. The van der Waals surface area contributed by atoms with Crippen molar-refractivity contribution in [3.63, 3.8) is 0 Å². The van der Waals surface area contributed by atoms with E-state index >= 15 is 0 Å². The summed E-state index contributed by atoms with van der Waals surface area (Å²) in [7, 11) is 1.57. The van der Waals surface area contributed by atoms with Gasteiger partial charge in [-0.25, -0.2) is 4.39 Å². The summed E-state index contributed by atoms with van der Waals surface area (Å²) >= 11 is 5.94. The van der Waals surface area contributed by atoms with Crippen molar-refractivity contribution >= 4 is 11.6 Å². The van der Waals surface area contributed by atoms with E-state index in [1.165, 1.54) is 6.07 Å². The van der Waals surface area contributed by atoms with Crippen LogP contribution in [0.2, 0.25) is 5.02 Å². The van der Waals surface area contributed by atoms with E-state index in [1.54, 1.807) is 23.8 Å². The average Bonchev–Trinajstić information content (AvgIpc) is 2.82. The highest BCUT2D eigenvalue weighted by Gasteiger charge is 2.17. The minimum atomic E-state index is -0.522. The maximum Gasteiger partial charge on any atom is 0.165 e. The highest BCUT2D eigenvalue weighted by atomic mass is 35.5. The first-order valence-electron chi connectivity index (χ1n) is 5.65. The number of rotatable bonds is 5. The van der Waals surface area contributed by atoms with Crippen LogP contribution in [0.1, 0.15) is 5.82 Å². The molecule has 0 spiro atoms. The maximum absolute atomic E-state index is 13.5. The van der Waals surface area contributed by atoms with Crippen LogP contribution in [0, 0.1) is 5.82 Å². The van der Waals surface area contributed by atoms with Crippen LogP contribution in [0.15, 0.2) is 18.2 Å². The summed E-state index contributed by atoms with van der Waals surface area (Å²) in [4.78, 5) is 0. The van der Waals surface area contributed by atoms with E-state index in [9.17, 15) is 9.50 Å². The van der Waals surface area contributed by atoms with E-state index in [1.807, 2.05) is 0 Å². The number of aliphatic hydroxyl groups is 1. The molecule has 7 heteroatoms. The molecule has 0 radical (unpaired) electrons. The second-order valence-electron chi connectivity index (χ2n) is 3.84. The Morgan fingerprint density at radius 3 is 2.89 bits per heavy atom. The van der Waals surface area contributed by atoms with Gasteiger partial charge < -0.3 is 14.4 Å². The van der Waals surface area contributed by atoms with Crippen molar-refractivity contribution in [3.05, 3.63) is 34.9 Å². The summed E-state index contributed by atoms with van der Waals surface area (Å²) in [6.45, 7) is 0.607. The first-order chi connectivity index (χ1) is 9.19. The maximum atomic E-state index is 13.5. The molecule has 1 aromatic heterocycles. The van der Waals surface area contributed by atoms with E-state index < -0.39 is 5.82 Å². The van der Waals surface area contributed by atoms with E-state index in [-0.39, 0.29) is 11.6 Å². The van der Waals surface area contributed by atoms with Gasteiger partial charge in [-0.05, 0) is 12.1 Å². The second kappa shape index (κ2) is 6.10. The van der Waals surface area contributed by atoms with Crippen molar-refractivity contribution in [2.45, 2.75) is 13.2 Å². The molecule has 0 aliphatic heterocycles. The Bertz CT molecular complexity index is 574. The average molecular weight is 286 g/mol. The number of methoxy groups -OCH3 is 1. The largest absolute Gasteiger partial charge is 0.388 e. The first-order valence-corrected chi connectivity index (χ1v) is 6.03. The first kappa shape index (κ1) is 13.9. The molecule has 19 heavy (non-hydrogen) atoms. The number of ether oxygens (including phenoxy) is 1. The zero-order valence-electron chi connectivity index (χ0n) is 10.3. The van der Waals surface area contributed by atoms with Crippen molar-refractivity contribution in [2.75, 3.05) is 13.7 Å². The molecule has 0 aliphatic rings. The summed E-state index contributed by atoms with van der Waals surface area (Å²) in [5, 5.41) is 17.0. The van der Waals surface area contributed by atoms with E-state index in [4.69, 9.17) is 16.3 Å². The quantitative estimate of drug-likeness (QED) is 0.911. The van der Waals surface area contributed by atoms with Crippen LogP contribution in [0.4, 0.5) is 4.39 Å². The predicted molar refractivity (Wildman–Crippen MR) is 68.2 cm³/mol. The second-order valence-corrected chi connectivity index (χ2v) is 4.22. The Morgan fingerprint density at radius 2 is 2.21 bits per heavy atom. The normalized spacial score (nSPS) is 10.9. The zero-order valence-corrected chi connectivity index (χ0v) is 11.1. The van der Waals surface area contributed by atoms with Gasteiger partial charge in [0.05, 0.1) is 11.6 Å². The van der Waals surface area contributed by atoms with Gasteiger partial charge in [-0.15, -0.1) is 10.2 Å². The van der Waals surface area contributed by atoms with Gasteiger partial charge in [-0.1, -0.05) is 17.7 Å². The van der Waals surface area contributed by atoms with Crippen LogP contribution in [0.3, 0.4) is 0 Å². The summed E-state index contributed by atoms with van der Waals surface area (Å²) in [6.07, 6.45) is 0. The number of hydrogen-bond donors (Lipinski definition) is 1. The number of nitrogens with zero attached hydrogens (tertiary/aromatic N) is 3. The molecule has 2 aromatic rings. The van der Waals surface area contributed by atoms with E-state index in [2.05, 4.69) is 10.2 Å². The number of aromatic nitrogens is 3. The van der Waals surface area contributed by atoms with Crippen LogP contribution in [-0.4, -0.2) is 33.6 Å². The van der Waals surface area contributed by atoms with Gasteiger partial charge in [0.15, 0.2) is 11.6 Å². The Balaban J connectivity index is 2.49. The third-order valence-electron chi connectivity index (χ3n) is 2.68. The summed E-state index contributed by atoms with van der Waals surface area (Å²) in [5.41, 5.74) is 0.435.